The zero-order chi connectivity index (χ0) is 15.6. The second kappa shape index (κ2) is 6.09. The van der Waals surface area contributed by atoms with Crippen LogP contribution in [0.5, 0.6) is 11.5 Å². The fourth-order valence-electron chi connectivity index (χ4n) is 2.16. The molecule has 1 heterocycles. The van der Waals surface area contributed by atoms with Gasteiger partial charge in [0.05, 0.1) is 13.2 Å². The minimum absolute atomic E-state index is 0.0275. The Hall–Kier alpha value is -1.50. The summed E-state index contributed by atoms with van der Waals surface area (Å²) in [6.07, 6.45) is -3.76. The van der Waals surface area contributed by atoms with Crippen LogP contribution in [-0.2, 0) is 0 Å². The van der Waals surface area contributed by atoms with Gasteiger partial charge >= 0.3 is 12.3 Å². The van der Waals surface area contributed by atoms with Gasteiger partial charge in [-0.25, -0.2) is 8.78 Å². The molecule has 21 heavy (non-hydrogen) atoms. The van der Waals surface area contributed by atoms with E-state index in [2.05, 4.69) is 5.32 Å². The van der Waals surface area contributed by atoms with Gasteiger partial charge in [0.2, 0.25) is 0 Å². The first-order valence-corrected chi connectivity index (χ1v) is 6.59. The van der Waals surface area contributed by atoms with Crippen LogP contribution in [-0.4, -0.2) is 32.6 Å². The van der Waals surface area contributed by atoms with Crippen LogP contribution in [0.15, 0.2) is 18.2 Å². The minimum Gasteiger partial charge on any atom is -0.489 e. The highest BCUT2D eigenvalue weighted by molar-refractivity contribution is 5.44. The van der Waals surface area contributed by atoms with Gasteiger partial charge in [-0.2, -0.15) is 8.78 Å². The normalized spacial score (nSPS) is 20.2. The van der Waals surface area contributed by atoms with E-state index in [1.807, 2.05) is 6.92 Å². The number of nitrogens with one attached hydrogen (secondary N) is 1. The third-order valence-corrected chi connectivity index (χ3v) is 3.31. The average molecular weight is 307 g/mol. The molecule has 0 spiro atoms. The van der Waals surface area contributed by atoms with E-state index in [9.17, 15) is 17.6 Å². The lowest BCUT2D eigenvalue weighted by molar-refractivity contribution is -0.150. The van der Waals surface area contributed by atoms with E-state index in [-0.39, 0.29) is 11.5 Å². The molecule has 3 nitrogen and oxygen atoms in total. The summed E-state index contributed by atoms with van der Waals surface area (Å²) < 4.78 is 63.2. The summed E-state index contributed by atoms with van der Waals surface area (Å²) in [5.74, 6) is -3.30. The molecular weight excluding hydrogens is 290 g/mol. The lowest BCUT2D eigenvalue weighted by atomic mass is 10.0. The first kappa shape index (κ1) is 15.9. The number of alkyl halides is 4. The van der Waals surface area contributed by atoms with E-state index in [0.29, 0.717) is 24.7 Å². The molecule has 0 aromatic heterocycles. The molecule has 1 N–H and O–H groups in total. The van der Waals surface area contributed by atoms with Gasteiger partial charge in [-0.3, -0.25) is 0 Å². The van der Waals surface area contributed by atoms with Crippen molar-refractivity contribution in [1.82, 2.24) is 5.32 Å². The van der Waals surface area contributed by atoms with E-state index < -0.39 is 18.4 Å². The monoisotopic (exact) mass is 307 g/mol. The molecule has 1 aromatic carbocycles. The fraction of sp³-hybridized carbons (Fsp3) is 0.571. The van der Waals surface area contributed by atoms with Gasteiger partial charge in [0, 0.05) is 5.92 Å². The molecule has 0 bridgehead atoms. The number of hydrogen-bond acceptors (Lipinski definition) is 3. The molecule has 2 rings (SSSR count). The molecule has 0 saturated heterocycles. The third-order valence-electron chi connectivity index (χ3n) is 3.31. The summed E-state index contributed by atoms with van der Waals surface area (Å²) in [6, 6.07) is 2.33. The molecule has 0 saturated carbocycles. The van der Waals surface area contributed by atoms with Crippen molar-refractivity contribution in [2.24, 2.45) is 5.92 Å². The zero-order valence-corrected chi connectivity index (χ0v) is 11.7. The Balaban J connectivity index is 2.32. The van der Waals surface area contributed by atoms with Crippen molar-refractivity contribution in [3.05, 3.63) is 23.8 Å². The molecule has 1 aliphatic heterocycles. The molecule has 0 radical (unpaired) electrons. The Morgan fingerprint density at radius 3 is 2.38 bits per heavy atom. The Morgan fingerprint density at radius 2 is 1.81 bits per heavy atom. The Bertz CT molecular complexity index is 496. The molecule has 1 aliphatic rings. The van der Waals surface area contributed by atoms with Crippen LogP contribution in [0.25, 0.3) is 0 Å². The molecule has 0 amide bonds. The minimum atomic E-state index is -4.18. The van der Waals surface area contributed by atoms with Crippen molar-refractivity contribution in [2.75, 3.05) is 20.3 Å². The highest BCUT2D eigenvalue weighted by Crippen LogP contribution is 2.40. The summed E-state index contributed by atoms with van der Waals surface area (Å²) in [5.41, 5.74) is 0.0275. The van der Waals surface area contributed by atoms with E-state index in [4.69, 9.17) is 9.47 Å². The van der Waals surface area contributed by atoms with Crippen LogP contribution in [0.3, 0.4) is 0 Å². The third kappa shape index (κ3) is 3.23. The Kier molecular flexibility index (Phi) is 4.61. The van der Waals surface area contributed by atoms with Gasteiger partial charge in [0.1, 0.15) is 6.04 Å². The molecule has 118 valence electrons. The molecule has 0 aliphatic carbocycles. The summed E-state index contributed by atoms with van der Waals surface area (Å²) in [6.45, 7) is 2.76. The quantitative estimate of drug-likeness (QED) is 0.866. The Labute approximate surface area is 120 Å². The number of benzene rings is 1. The molecular formula is C14H17F4NO2. The van der Waals surface area contributed by atoms with E-state index in [0.717, 1.165) is 0 Å². The highest BCUT2D eigenvalue weighted by atomic mass is 19.3. The number of rotatable bonds is 4. The maximum Gasteiger partial charge on any atom is 0.326 e. The van der Waals surface area contributed by atoms with E-state index in [1.165, 1.54) is 25.2 Å². The smallest absolute Gasteiger partial charge is 0.326 e. The molecule has 1 aromatic rings. The van der Waals surface area contributed by atoms with Gasteiger partial charge in [-0.15, -0.1) is 0 Å². The number of halogens is 4. The zero-order valence-electron chi connectivity index (χ0n) is 11.7. The maximum absolute atomic E-state index is 13.6. The summed E-state index contributed by atoms with van der Waals surface area (Å²) in [5, 5.41) is 2.24. The lowest BCUT2D eigenvalue weighted by Crippen LogP contribution is -2.41. The highest BCUT2D eigenvalue weighted by Gasteiger charge is 2.49. The topological polar surface area (TPSA) is 30.5 Å². The molecule has 7 heteroatoms. The molecule has 2 atom stereocenters. The van der Waals surface area contributed by atoms with Crippen molar-refractivity contribution in [1.29, 1.82) is 0 Å². The SMILES string of the molecule is CNC(c1ccc2c(c1)OCC(C)CO2)C(F)(F)C(F)F. The number of fused-ring (bicyclic) bond motifs is 1. The van der Waals surface area contributed by atoms with Crippen LogP contribution in [0, 0.1) is 5.92 Å². The summed E-state index contributed by atoms with van der Waals surface area (Å²) in [4.78, 5) is 0. The van der Waals surface area contributed by atoms with Gasteiger partial charge < -0.3 is 14.8 Å². The van der Waals surface area contributed by atoms with Gasteiger partial charge in [0.25, 0.3) is 0 Å². The van der Waals surface area contributed by atoms with Gasteiger partial charge in [-0.1, -0.05) is 13.0 Å². The first-order chi connectivity index (χ1) is 9.86. The second-order valence-corrected chi connectivity index (χ2v) is 5.13. The summed E-state index contributed by atoms with van der Waals surface area (Å²) >= 11 is 0. The number of hydrogen-bond donors (Lipinski definition) is 1. The van der Waals surface area contributed by atoms with Crippen LogP contribution in [0.2, 0.25) is 0 Å². The van der Waals surface area contributed by atoms with Crippen LogP contribution >= 0.6 is 0 Å². The predicted octanol–water partition coefficient (Wildman–Crippen LogP) is 3.25. The van der Waals surface area contributed by atoms with Crippen LogP contribution < -0.4 is 14.8 Å². The Morgan fingerprint density at radius 1 is 1.19 bits per heavy atom. The van der Waals surface area contributed by atoms with Crippen molar-refractivity contribution in [2.45, 2.75) is 25.3 Å². The van der Waals surface area contributed by atoms with Crippen molar-refractivity contribution in [3.63, 3.8) is 0 Å². The molecule has 0 fully saturated rings. The second-order valence-electron chi connectivity index (χ2n) is 5.13. The van der Waals surface area contributed by atoms with Crippen molar-refractivity contribution in [3.8, 4) is 11.5 Å². The van der Waals surface area contributed by atoms with Gasteiger partial charge in [0.15, 0.2) is 11.5 Å². The van der Waals surface area contributed by atoms with Crippen molar-refractivity contribution < 1.29 is 27.0 Å². The van der Waals surface area contributed by atoms with Gasteiger partial charge in [-0.05, 0) is 24.7 Å². The average Bonchev–Trinajstić information content (AvgIpc) is 2.61. The lowest BCUT2D eigenvalue weighted by Gasteiger charge is -2.26. The maximum atomic E-state index is 13.6. The van der Waals surface area contributed by atoms with Crippen LogP contribution in [0.1, 0.15) is 18.5 Å². The van der Waals surface area contributed by atoms with Crippen LogP contribution in [0.4, 0.5) is 17.6 Å². The molecule has 2 unspecified atom stereocenters. The van der Waals surface area contributed by atoms with E-state index in [1.54, 1.807) is 0 Å². The number of ether oxygens (including phenoxy) is 2. The van der Waals surface area contributed by atoms with Crippen molar-refractivity contribution >= 4 is 0 Å². The largest absolute Gasteiger partial charge is 0.489 e. The van der Waals surface area contributed by atoms with E-state index >= 15 is 0 Å². The fourth-order valence-corrected chi connectivity index (χ4v) is 2.16. The first-order valence-electron chi connectivity index (χ1n) is 6.59. The summed E-state index contributed by atoms with van der Waals surface area (Å²) in [7, 11) is 1.21. The predicted molar refractivity (Wildman–Crippen MR) is 69.3 cm³/mol. The standard InChI is InChI=1S/C14H17F4NO2/c1-8-6-20-10-4-3-9(5-11(10)21-7-8)12(19-2)14(17,18)13(15)16/h3-5,8,12-13,19H,6-7H2,1-2H3.